The molecule has 1 rings (SSSR count). The number of halogens is 4. The van der Waals surface area contributed by atoms with E-state index in [9.17, 15) is 10.2 Å². The fraction of sp³-hybridized carbons (Fsp3) is 1.00. The molecule has 1 saturated carbocycles. The molecule has 0 aromatic carbocycles. The van der Waals surface area contributed by atoms with Crippen LogP contribution in [0.2, 0.25) is 0 Å². The Bertz CT molecular complexity index is 170. The zero-order valence-electron chi connectivity index (χ0n) is 9.60. The van der Waals surface area contributed by atoms with Gasteiger partial charge in [-0.2, -0.15) is 0 Å². The maximum Gasteiger partial charge on any atom is 4.00 e. The van der Waals surface area contributed by atoms with Gasteiger partial charge in [0, 0.05) is 0 Å². The van der Waals surface area contributed by atoms with Crippen LogP contribution in [0.15, 0.2) is 0 Å². The summed E-state index contributed by atoms with van der Waals surface area (Å²) in [6.07, 6.45) is 2.39. The van der Waals surface area contributed by atoms with Gasteiger partial charge < -0.3 is 59.8 Å². The molecule has 1 aliphatic rings. The van der Waals surface area contributed by atoms with Gasteiger partial charge in [0.1, 0.15) is 0 Å². The first-order valence-electron chi connectivity index (χ1n) is 4.35. The van der Waals surface area contributed by atoms with Gasteiger partial charge in [-0.05, 0) is 32.1 Å². The average molecular weight is 348 g/mol. The normalized spacial score (nSPS) is 31.1. The van der Waals surface area contributed by atoms with Gasteiger partial charge in [0.2, 0.25) is 0 Å². The van der Waals surface area contributed by atoms with Gasteiger partial charge in [-0.25, -0.2) is 0 Å². The fourth-order valence-electron chi connectivity index (χ4n) is 2.10. The number of rotatable bonds is 1. The summed E-state index contributed by atoms with van der Waals surface area (Å²) in [6.45, 7) is 5.65. The van der Waals surface area contributed by atoms with Crippen molar-refractivity contribution in [3.63, 3.8) is 0 Å². The second-order valence-corrected chi connectivity index (χ2v) is 4.21. The van der Waals surface area contributed by atoms with E-state index < -0.39 is 11.2 Å². The topological polar surface area (TPSA) is 40.5 Å². The van der Waals surface area contributed by atoms with E-state index in [4.69, 9.17) is 0 Å². The third kappa shape index (κ3) is 5.62. The van der Waals surface area contributed by atoms with Crippen LogP contribution in [0, 0.1) is 5.92 Å². The van der Waals surface area contributed by atoms with Crippen LogP contribution in [0.4, 0.5) is 0 Å². The van der Waals surface area contributed by atoms with E-state index in [0.717, 1.165) is 19.3 Å². The predicted octanol–water partition coefficient (Wildman–Crippen LogP) is -10.7. The summed E-state index contributed by atoms with van der Waals surface area (Å²) >= 11 is 0. The van der Waals surface area contributed by atoms with Crippen molar-refractivity contribution in [3.8, 4) is 0 Å². The van der Waals surface area contributed by atoms with Crippen LogP contribution in [-0.2, 0) is 21.7 Å². The van der Waals surface area contributed by atoms with Gasteiger partial charge >= 0.3 is 21.7 Å². The molecule has 0 spiro atoms. The molecule has 0 unspecified atom stereocenters. The quantitative estimate of drug-likeness (QED) is 0.463. The van der Waals surface area contributed by atoms with Crippen LogP contribution in [0.3, 0.4) is 0 Å². The van der Waals surface area contributed by atoms with E-state index in [1.807, 2.05) is 13.8 Å². The summed E-state index contributed by atoms with van der Waals surface area (Å²) in [5, 5.41) is 19.9. The SMILES string of the molecule is CC(C)[C@@]1(O)CCC[C@]1(C)O.[Cl-].[Cl-].[Cl-].[Cl-].[Ti+4]. The molecule has 2 nitrogen and oxygen atoms in total. The van der Waals surface area contributed by atoms with Crippen molar-refractivity contribution in [3.05, 3.63) is 0 Å². The monoisotopic (exact) mass is 346 g/mol. The van der Waals surface area contributed by atoms with Crippen LogP contribution < -0.4 is 49.6 Å². The maximum atomic E-state index is 10.0. The third-order valence-corrected chi connectivity index (χ3v) is 3.11. The molecule has 0 aromatic heterocycles. The van der Waals surface area contributed by atoms with E-state index in [2.05, 4.69) is 0 Å². The maximum absolute atomic E-state index is 10.0. The molecule has 0 aliphatic heterocycles. The Kier molecular flexibility index (Phi) is 20.5. The molecule has 7 heteroatoms. The largest absolute Gasteiger partial charge is 4.00 e. The average Bonchev–Trinajstić information content (AvgIpc) is 2.09. The molecule has 0 amide bonds. The first-order valence-corrected chi connectivity index (χ1v) is 4.35. The standard InChI is InChI=1S/C9H18O2.4ClH.Ti/c1-7(2)9(11)6-4-5-8(9,3)10;;;;;/h7,10-11H,4-6H2,1-3H3;4*1H;/q;;;;;+4/p-4/t8-,9-;;;;;/m0...../s1. The van der Waals surface area contributed by atoms with Crippen molar-refractivity contribution >= 4 is 0 Å². The Balaban J connectivity index is -0.0000000807. The predicted molar refractivity (Wildman–Crippen MR) is 44.3 cm³/mol. The van der Waals surface area contributed by atoms with E-state index in [0.29, 0.717) is 0 Å². The number of hydrogen-bond acceptors (Lipinski definition) is 2. The van der Waals surface area contributed by atoms with Crippen LogP contribution in [0.5, 0.6) is 0 Å². The molecule has 0 bridgehead atoms. The first kappa shape index (κ1) is 30.7. The minimum Gasteiger partial charge on any atom is -1.00 e. The molecule has 0 radical (unpaired) electrons. The Morgan fingerprint density at radius 1 is 0.938 bits per heavy atom. The molecule has 2 N–H and O–H groups in total. The summed E-state index contributed by atoms with van der Waals surface area (Å²) in [5.41, 5.74) is -1.73. The second-order valence-electron chi connectivity index (χ2n) is 4.21. The van der Waals surface area contributed by atoms with Crippen LogP contribution in [0.1, 0.15) is 40.0 Å². The third-order valence-electron chi connectivity index (χ3n) is 3.11. The van der Waals surface area contributed by atoms with Crippen LogP contribution in [-0.4, -0.2) is 21.4 Å². The molecular formula is C9H18Cl4O2Ti. The fourth-order valence-corrected chi connectivity index (χ4v) is 2.10. The number of hydrogen-bond donors (Lipinski definition) is 2. The smallest absolute Gasteiger partial charge is 1.00 e. The molecule has 16 heavy (non-hydrogen) atoms. The van der Waals surface area contributed by atoms with Gasteiger partial charge in [0.15, 0.2) is 0 Å². The summed E-state index contributed by atoms with van der Waals surface area (Å²) < 4.78 is 0. The summed E-state index contributed by atoms with van der Waals surface area (Å²) in [5.74, 6) is 0.139. The van der Waals surface area contributed by atoms with Crippen molar-refractivity contribution in [2.45, 2.75) is 51.2 Å². The molecule has 98 valence electrons. The van der Waals surface area contributed by atoms with Gasteiger partial charge in [0.05, 0.1) is 11.2 Å². The van der Waals surface area contributed by atoms with Gasteiger partial charge in [-0.15, -0.1) is 0 Å². The van der Waals surface area contributed by atoms with E-state index >= 15 is 0 Å². The molecule has 1 aliphatic carbocycles. The van der Waals surface area contributed by atoms with E-state index in [-0.39, 0.29) is 77.3 Å². The molecule has 2 atom stereocenters. The zero-order valence-corrected chi connectivity index (χ0v) is 14.2. The van der Waals surface area contributed by atoms with E-state index in [1.54, 1.807) is 6.92 Å². The van der Waals surface area contributed by atoms with Gasteiger partial charge in [0.25, 0.3) is 0 Å². The molecule has 0 saturated heterocycles. The van der Waals surface area contributed by atoms with Crippen molar-refractivity contribution in [1.29, 1.82) is 0 Å². The molecular weight excluding hydrogens is 330 g/mol. The van der Waals surface area contributed by atoms with Crippen LogP contribution in [0.25, 0.3) is 0 Å². The Morgan fingerprint density at radius 3 is 1.44 bits per heavy atom. The van der Waals surface area contributed by atoms with Crippen molar-refractivity contribution < 1.29 is 81.6 Å². The Hall–Kier alpha value is 1.79. The Morgan fingerprint density at radius 2 is 1.31 bits per heavy atom. The zero-order chi connectivity index (χ0) is 8.70. The molecule has 0 heterocycles. The second kappa shape index (κ2) is 10.7. The van der Waals surface area contributed by atoms with Crippen LogP contribution >= 0.6 is 0 Å². The van der Waals surface area contributed by atoms with E-state index in [1.165, 1.54) is 0 Å². The van der Waals surface area contributed by atoms with Crippen molar-refractivity contribution in [2.75, 3.05) is 0 Å². The molecule has 0 aromatic rings. The van der Waals surface area contributed by atoms with Gasteiger partial charge in [-0.3, -0.25) is 0 Å². The summed E-state index contributed by atoms with van der Waals surface area (Å²) in [7, 11) is 0. The number of aliphatic hydroxyl groups is 2. The van der Waals surface area contributed by atoms with Crippen molar-refractivity contribution in [1.82, 2.24) is 0 Å². The first-order chi connectivity index (χ1) is 4.90. The Labute approximate surface area is 138 Å². The molecule has 1 fully saturated rings. The minimum absolute atomic E-state index is 0. The summed E-state index contributed by atoms with van der Waals surface area (Å²) in [6, 6.07) is 0. The minimum atomic E-state index is -0.874. The van der Waals surface area contributed by atoms with Gasteiger partial charge in [-0.1, -0.05) is 13.8 Å². The summed E-state index contributed by atoms with van der Waals surface area (Å²) in [4.78, 5) is 0. The van der Waals surface area contributed by atoms with Crippen molar-refractivity contribution in [2.24, 2.45) is 5.92 Å².